The van der Waals surface area contributed by atoms with E-state index < -0.39 is 0 Å². The van der Waals surface area contributed by atoms with Gasteiger partial charge in [0.05, 0.1) is 6.54 Å². The van der Waals surface area contributed by atoms with Gasteiger partial charge in [0.25, 0.3) is 0 Å². The van der Waals surface area contributed by atoms with Crippen LogP contribution in [0, 0.1) is 0 Å². The Kier molecular flexibility index (Phi) is 9.42. The number of nitrogens with zero attached hydrogens (tertiary/aromatic N) is 2. The lowest BCUT2D eigenvalue weighted by Gasteiger charge is -2.31. The topological polar surface area (TPSA) is 49.6 Å². The highest BCUT2D eigenvalue weighted by Crippen LogP contribution is 2.08. The Morgan fingerprint density at radius 3 is 2.17 bits per heavy atom. The van der Waals surface area contributed by atoms with Crippen molar-refractivity contribution in [3.05, 3.63) is 0 Å². The summed E-state index contributed by atoms with van der Waals surface area (Å²) in [6.45, 7) is 8.54. The Bertz CT molecular complexity index is 224. The van der Waals surface area contributed by atoms with Crippen molar-refractivity contribution >= 4 is 18.3 Å². The second kappa shape index (κ2) is 9.59. The summed E-state index contributed by atoms with van der Waals surface area (Å²) in [5.41, 5.74) is 5.86. The van der Waals surface area contributed by atoms with E-state index in [0.29, 0.717) is 12.6 Å². The fourth-order valence-corrected chi connectivity index (χ4v) is 2.30. The summed E-state index contributed by atoms with van der Waals surface area (Å²) >= 11 is 0. The van der Waals surface area contributed by atoms with Gasteiger partial charge in [0.2, 0.25) is 5.91 Å². The maximum atomic E-state index is 12.1. The lowest BCUT2D eigenvalue weighted by Crippen LogP contribution is -2.46. The van der Waals surface area contributed by atoms with Crippen LogP contribution in [0.15, 0.2) is 0 Å². The first kappa shape index (κ1) is 17.7. The van der Waals surface area contributed by atoms with Gasteiger partial charge in [-0.3, -0.25) is 9.69 Å². The Hall–Kier alpha value is -0.320. The molecule has 1 aliphatic rings. The van der Waals surface area contributed by atoms with E-state index in [2.05, 4.69) is 18.7 Å². The number of amides is 1. The molecule has 0 aromatic heterocycles. The molecule has 0 aromatic carbocycles. The summed E-state index contributed by atoms with van der Waals surface area (Å²) in [5, 5.41) is 0. The van der Waals surface area contributed by atoms with Crippen LogP contribution >= 0.6 is 12.4 Å². The normalized spacial score (nSPS) is 17.3. The second-order valence-corrected chi connectivity index (χ2v) is 4.99. The maximum absolute atomic E-state index is 12.1. The van der Waals surface area contributed by atoms with Crippen molar-refractivity contribution in [3.8, 4) is 0 Å². The fourth-order valence-electron chi connectivity index (χ4n) is 2.30. The molecule has 1 fully saturated rings. The predicted octanol–water partition coefficient (Wildman–Crippen LogP) is 1.48. The Balaban J connectivity index is 0.00000289. The third kappa shape index (κ3) is 6.03. The molecule has 0 atom stereocenters. The Morgan fingerprint density at radius 2 is 1.72 bits per heavy atom. The minimum atomic E-state index is 0. The molecule has 1 amide bonds. The van der Waals surface area contributed by atoms with Crippen LogP contribution in [0.4, 0.5) is 0 Å². The van der Waals surface area contributed by atoms with Crippen LogP contribution in [-0.4, -0.2) is 54.5 Å². The first-order chi connectivity index (χ1) is 8.17. The minimum Gasteiger partial charge on any atom is -0.342 e. The van der Waals surface area contributed by atoms with Gasteiger partial charge in [-0.25, -0.2) is 0 Å². The third-order valence-electron chi connectivity index (χ3n) is 3.33. The molecule has 108 valence electrons. The lowest BCUT2D eigenvalue weighted by atomic mass is 10.1. The average molecular weight is 278 g/mol. The van der Waals surface area contributed by atoms with E-state index in [1.54, 1.807) is 0 Å². The average Bonchev–Trinajstić information content (AvgIpc) is 2.32. The van der Waals surface area contributed by atoms with Crippen LogP contribution in [0.1, 0.15) is 39.5 Å². The molecule has 0 aromatic rings. The van der Waals surface area contributed by atoms with Crippen molar-refractivity contribution in [2.24, 2.45) is 5.73 Å². The van der Waals surface area contributed by atoms with Crippen LogP contribution < -0.4 is 5.73 Å². The van der Waals surface area contributed by atoms with E-state index in [1.165, 1.54) is 0 Å². The van der Waals surface area contributed by atoms with Crippen molar-refractivity contribution < 1.29 is 4.79 Å². The molecule has 4 nitrogen and oxygen atoms in total. The number of halogens is 1. The quantitative estimate of drug-likeness (QED) is 0.800. The van der Waals surface area contributed by atoms with Crippen molar-refractivity contribution in [3.63, 3.8) is 0 Å². The lowest BCUT2D eigenvalue weighted by molar-refractivity contribution is -0.132. The number of hydrogen-bond acceptors (Lipinski definition) is 3. The minimum absolute atomic E-state index is 0. The molecule has 1 heterocycles. The summed E-state index contributed by atoms with van der Waals surface area (Å²) in [6, 6.07) is 0.337. The van der Waals surface area contributed by atoms with Gasteiger partial charge in [0.1, 0.15) is 0 Å². The molecule has 0 aliphatic carbocycles. The summed E-state index contributed by atoms with van der Waals surface area (Å²) in [5.74, 6) is 0.282. The molecular weight excluding hydrogens is 250 g/mol. The number of nitrogens with two attached hydrogens (primary N) is 1. The molecule has 2 N–H and O–H groups in total. The van der Waals surface area contributed by atoms with Gasteiger partial charge in [0, 0.05) is 32.2 Å². The zero-order valence-electron chi connectivity index (χ0n) is 11.7. The first-order valence-corrected chi connectivity index (χ1v) is 6.93. The number of piperidine rings is 1. The van der Waals surface area contributed by atoms with Gasteiger partial charge in [-0.15, -0.1) is 12.4 Å². The molecule has 0 unspecified atom stereocenters. The zero-order valence-corrected chi connectivity index (χ0v) is 12.5. The molecule has 1 saturated heterocycles. The number of hydrogen-bond donors (Lipinski definition) is 1. The van der Waals surface area contributed by atoms with E-state index in [0.717, 1.165) is 51.9 Å². The number of carbonyl (C=O) groups excluding carboxylic acids is 1. The summed E-state index contributed by atoms with van der Waals surface area (Å²) < 4.78 is 0. The predicted molar refractivity (Wildman–Crippen MR) is 78.1 cm³/mol. The standard InChI is InChI=1S/C13H27N3O.ClH/c1-3-7-16(8-4-2)13(17)11-15-9-5-12(14)6-10-15;/h12H,3-11,14H2,1-2H3;1H. The highest BCUT2D eigenvalue weighted by Gasteiger charge is 2.20. The smallest absolute Gasteiger partial charge is 0.236 e. The van der Waals surface area contributed by atoms with Crippen LogP contribution in [0.25, 0.3) is 0 Å². The van der Waals surface area contributed by atoms with E-state index in [9.17, 15) is 4.79 Å². The van der Waals surface area contributed by atoms with E-state index in [1.807, 2.05) is 4.90 Å². The van der Waals surface area contributed by atoms with Crippen LogP contribution in [0.2, 0.25) is 0 Å². The number of carbonyl (C=O) groups is 1. The molecule has 18 heavy (non-hydrogen) atoms. The van der Waals surface area contributed by atoms with Gasteiger partial charge < -0.3 is 10.6 Å². The van der Waals surface area contributed by atoms with E-state index >= 15 is 0 Å². The molecule has 0 spiro atoms. The summed E-state index contributed by atoms with van der Waals surface area (Å²) in [4.78, 5) is 16.4. The SMILES string of the molecule is CCCN(CCC)C(=O)CN1CCC(N)CC1.Cl. The van der Waals surface area contributed by atoms with Crippen molar-refractivity contribution in [1.82, 2.24) is 9.80 Å². The molecule has 1 rings (SSSR count). The molecule has 5 heteroatoms. The van der Waals surface area contributed by atoms with Gasteiger partial charge in [-0.2, -0.15) is 0 Å². The van der Waals surface area contributed by atoms with Crippen LogP contribution in [0.5, 0.6) is 0 Å². The molecule has 1 aliphatic heterocycles. The highest BCUT2D eigenvalue weighted by atomic mass is 35.5. The molecular formula is C13H28ClN3O. The Morgan fingerprint density at radius 1 is 1.22 bits per heavy atom. The maximum Gasteiger partial charge on any atom is 0.236 e. The van der Waals surface area contributed by atoms with Gasteiger partial charge in [-0.1, -0.05) is 13.8 Å². The molecule has 0 saturated carbocycles. The van der Waals surface area contributed by atoms with Gasteiger partial charge >= 0.3 is 0 Å². The van der Waals surface area contributed by atoms with Crippen molar-refractivity contribution in [1.29, 1.82) is 0 Å². The largest absolute Gasteiger partial charge is 0.342 e. The van der Waals surface area contributed by atoms with Crippen molar-refractivity contribution in [2.75, 3.05) is 32.7 Å². The van der Waals surface area contributed by atoms with E-state index in [-0.39, 0.29) is 18.3 Å². The third-order valence-corrected chi connectivity index (χ3v) is 3.33. The fraction of sp³-hybridized carbons (Fsp3) is 0.923. The highest BCUT2D eigenvalue weighted by molar-refractivity contribution is 5.85. The first-order valence-electron chi connectivity index (χ1n) is 6.93. The monoisotopic (exact) mass is 277 g/mol. The van der Waals surface area contributed by atoms with Gasteiger partial charge in [-0.05, 0) is 25.7 Å². The molecule has 0 radical (unpaired) electrons. The van der Waals surface area contributed by atoms with Crippen LogP contribution in [-0.2, 0) is 4.79 Å². The zero-order chi connectivity index (χ0) is 12.7. The second-order valence-electron chi connectivity index (χ2n) is 4.99. The summed E-state index contributed by atoms with van der Waals surface area (Å²) in [6.07, 6.45) is 4.12. The number of rotatable bonds is 6. The van der Waals surface area contributed by atoms with E-state index in [4.69, 9.17) is 5.73 Å². The Labute approximate surface area is 117 Å². The molecule has 0 bridgehead atoms. The van der Waals surface area contributed by atoms with Crippen LogP contribution in [0.3, 0.4) is 0 Å². The van der Waals surface area contributed by atoms with Gasteiger partial charge in [0.15, 0.2) is 0 Å². The summed E-state index contributed by atoms with van der Waals surface area (Å²) in [7, 11) is 0. The van der Waals surface area contributed by atoms with Crippen molar-refractivity contribution in [2.45, 2.75) is 45.6 Å². The number of likely N-dealkylation sites (tertiary alicyclic amines) is 1.